The third-order valence-corrected chi connectivity index (χ3v) is 7.81. The van der Waals surface area contributed by atoms with Gasteiger partial charge in [-0.1, -0.05) is 42.5 Å². The van der Waals surface area contributed by atoms with Crippen LogP contribution in [0.5, 0.6) is 5.75 Å². The van der Waals surface area contributed by atoms with Crippen LogP contribution in [-0.2, 0) is 36.8 Å². The van der Waals surface area contributed by atoms with Crippen molar-refractivity contribution in [2.24, 2.45) is 11.5 Å². The first-order chi connectivity index (χ1) is 21.7. The minimum Gasteiger partial charge on any atom is -0.508 e. The predicted octanol–water partition coefficient (Wildman–Crippen LogP) is 1.48. The minimum atomic E-state index is -5.08. The molecule has 0 saturated carbocycles. The van der Waals surface area contributed by atoms with E-state index in [2.05, 4.69) is 5.32 Å². The van der Waals surface area contributed by atoms with Gasteiger partial charge in [0, 0.05) is 32.0 Å². The number of carboxylic acid groups (broad SMARTS) is 1. The van der Waals surface area contributed by atoms with E-state index in [-0.39, 0.29) is 42.4 Å². The zero-order valence-corrected chi connectivity index (χ0v) is 25.0. The van der Waals surface area contributed by atoms with Crippen molar-refractivity contribution in [2.75, 3.05) is 13.1 Å². The Labute approximate surface area is 263 Å². The zero-order chi connectivity index (χ0) is 34.0. The van der Waals surface area contributed by atoms with Crippen molar-refractivity contribution in [3.05, 3.63) is 65.7 Å². The Hall–Kier alpha value is -4.66. The van der Waals surface area contributed by atoms with E-state index in [9.17, 15) is 37.5 Å². The number of alkyl halides is 3. The molecule has 46 heavy (non-hydrogen) atoms. The molecule has 2 aromatic rings. The molecule has 2 aliphatic rings. The average Bonchev–Trinajstić information content (AvgIpc) is 3.68. The fourth-order valence-corrected chi connectivity index (χ4v) is 5.57. The van der Waals surface area contributed by atoms with Gasteiger partial charge < -0.3 is 36.8 Å². The standard InChI is InChI=1S/C29H37N5O5.C2HF3O2/c30-23(16-20-10-12-22(35)13-11-20)28(38)33-14-4-8-21(33)18-26(36)32-24(17-19-6-2-1-3-7-19)29(39)34-15-5-9-25(34)27(31)37;3-2(4,5)1(6)7/h1-3,6-7,10-13,21,23-25,35H,4-5,8-9,14-18,30H2,(H2,31,37)(H,32,36);(H,6,7)/t21-,23-,24-,25-;/m0./s1. The number of likely N-dealkylation sites (tertiary alicyclic amines) is 2. The Bertz CT molecular complexity index is 1370. The summed E-state index contributed by atoms with van der Waals surface area (Å²) in [7, 11) is 0. The van der Waals surface area contributed by atoms with Crippen molar-refractivity contribution in [3.8, 4) is 5.75 Å². The maximum atomic E-state index is 13.5. The third kappa shape index (κ3) is 10.2. The number of rotatable bonds is 10. The summed E-state index contributed by atoms with van der Waals surface area (Å²) in [4.78, 5) is 63.9. The molecule has 0 aromatic heterocycles. The van der Waals surface area contributed by atoms with E-state index in [0.29, 0.717) is 38.8 Å². The molecule has 2 aromatic carbocycles. The number of nitrogens with one attached hydrogen (secondary N) is 1. The topological polar surface area (TPSA) is 196 Å². The van der Waals surface area contributed by atoms with Crippen LogP contribution < -0.4 is 16.8 Å². The number of benzene rings is 2. The smallest absolute Gasteiger partial charge is 0.490 e. The summed E-state index contributed by atoms with van der Waals surface area (Å²) in [5.41, 5.74) is 13.5. The van der Waals surface area contributed by atoms with Gasteiger partial charge in [-0.15, -0.1) is 0 Å². The van der Waals surface area contributed by atoms with Gasteiger partial charge in [0.15, 0.2) is 0 Å². The highest BCUT2D eigenvalue weighted by Gasteiger charge is 2.39. The normalized spacial score (nSPS) is 19.0. The molecular formula is C31H38F3N5O7. The van der Waals surface area contributed by atoms with E-state index >= 15 is 0 Å². The number of aromatic hydroxyl groups is 1. The highest BCUT2D eigenvalue weighted by molar-refractivity contribution is 5.92. The van der Waals surface area contributed by atoms with Gasteiger partial charge in [0.2, 0.25) is 23.6 Å². The molecule has 15 heteroatoms. The van der Waals surface area contributed by atoms with Gasteiger partial charge in [-0.3, -0.25) is 19.2 Å². The van der Waals surface area contributed by atoms with E-state index < -0.39 is 36.2 Å². The minimum absolute atomic E-state index is 0.0511. The number of phenols is 1. The van der Waals surface area contributed by atoms with Gasteiger partial charge in [-0.2, -0.15) is 13.2 Å². The van der Waals surface area contributed by atoms with Crippen LogP contribution in [0, 0.1) is 0 Å². The van der Waals surface area contributed by atoms with Crippen LogP contribution in [0.15, 0.2) is 54.6 Å². The summed E-state index contributed by atoms with van der Waals surface area (Å²) in [5, 5.41) is 19.5. The number of carbonyl (C=O) groups is 5. The van der Waals surface area contributed by atoms with Crippen LogP contribution in [0.2, 0.25) is 0 Å². The lowest BCUT2D eigenvalue weighted by molar-refractivity contribution is -0.192. The van der Waals surface area contributed by atoms with Crippen LogP contribution in [0.4, 0.5) is 13.2 Å². The number of halogens is 3. The van der Waals surface area contributed by atoms with Crippen molar-refractivity contribution in [1.82, 2.24) is 15.1 Å². The van der Waals surface area contributed by atoms with Crippen LogP contribution in [0.3, 0.4) is 0 Å². The molecule has 2 aliphatic heterocycles. The van der Waals surface area contributed by atoms with Crippen molar-refractivity contribution in [1.29, 1.82) is 0 Å². The molecule has 0 aliphatic carbocycles. The summed E-state index contributed by atoms with van der Waals surface area (Å²) in [5.74, 6) is -4.05. The fourth-order valence-electron chi connectivity index (χ4n) is 5.57. The van der Waals surface area contributed by atoms with E-state index in [0.717, 1.165) is 17.5 Å². The van der Waals surface area contributed by atoms with Crippen LogP contribution >= 0.6 is 0 Å². The lowest BCUT2D eigenvalue weighted by Gasteiger charge is -2.30. The van der Waals surface area contributed by atoms with Crippen molar-refractivity contribution < 1.29 is 47.4 Å². The number of hydrogen-bond donors (Lipinski definition) is 5. The molecule has 2 heterocycles. The summed E-state index contributed by atoms with van der Waals surface area (Å²) < 4.78 is 31.7. The Balaban J connectivity index is 0.000000738. The van der Waals surface area contributed by atoms with Crippen LogP contribution in [0.1, 0.15) is 43.2 Å². The molecule has 0 spiro atoms. The van der Waals surface area contributed by atoms with Crippen LogP contribution in [-0.4, -0.2) is 93.0 Å². The van der Waals surface area contributed by atoms with Gasteiger partial charge in [-0.05, 0) is 55.4 Å². The lowest BCUT2D eigenvalue weighted by Crippen LogP contribution is -2.54. The van der Waals surface area contributed by atoms with Gasteiger partial charge >= 0.3 is 12.1 Å². The highest BCUT2D eigenvalue weighted by Crippen LogP contribution is 2.23. The van der Waals surface area contributed by atoms with E-state index in [1.165, 1.54) is 4.90 Å². The molecule has 0 unspecified atom stereocenters. The molecular weight excluding hydrogens is 611 g/mol. The molecule has 4 amide bonds. The van der Waals surface area contributed by atoms with Crippen LogP contribution in [0.25, 0.3) is 0 Å². The number of nitrogens with zero attached hydrogens (tertiary/aromatic N) is 2. The summed E-state index contributed by atoms with van der Waals surface area (Å²) in [6, 6.07) is 13.3. The number of primary amides is 1. The quantitative estimate of drug-likeness (QED) is 0.255. The molecule has 2 fully saturated rings. The van der Waals surface area contributed by atoms with Gasteiger partial charge in [-0.25, -0.2) is 4.79 Å². The van der Waals surface area contributed by atoms with Crippen molar-refractivity contribution in [2.45, 2.75) is 75.3 Å². The van der Waals surface area contributed by atoms with Crippen molar-refractivity contribution >= 4 is 29.6 Å². The second-order valence-electron chi connectivity index (χ2n) is 11.2. The molecule has 4 rings (SSSR count). The maximum Gasteiger partial charge on any atom is 0.490 e. The Morgan fingerprint density at radius 1 is 0.870 bits per heavy atom. The Kier molecular flexibility index (Phi) is 12.5. The van der Waals surface area contributed by atoms with E-state index in [1.807, 2.05) is 30.3 Å². The maximum absolute atomic E-state index is 13.5. The molecule has 7 N–H and O–H groups in total. The Morgan fingerprint density at radius 3 is 2.02 bits per heavy atom. The molecule has 2 saturated heterocycles. The molecule has 250 valence electrons. The number of carbonyl (C=O) groups excluding carboxylic acids is 4. The number of nitrogens with two attached hydrogens (primary N) is 2. The third-order valence-electron chi connectivity index (χ3n) is 7.81. The number of phenolic OH excluding ortho intramolecular Hbond substituents is 1. The lowest BCUT2D eigenvalue weighted by atomic mass is 10.0. The molecule has 4 atom stereocenters. The largest absolute Gasteiger partial charge is 0.508 e. The van der Waals surface area contributed by atoms with Gasteiger partial charge in [0.25, 0.3) is 0 Å². The second kappa shape index (κ2) is 16.1. The summed E-state index contributed by atoms with van der Waals surface area (Å²) >= 11 is 0. The van der Waals surface area contributed by atoms with Gasteiger partial charge in [0.1, 0.15) is 17.8 Å². The summed E-state index contributed by atoms with van der Waals surface area (Å²) in [6.45, 7) is 0.928. The second-order valence-corrected chi connectivity index (χ2v) is 11.2. The molecule has 12 nitrogen and oxygen atoms in total. The monoisotopic (exact) mass is 649 g/mol. The summed E-state index contributed by atoms with van der Waals surface area (Å²) in [6.07, 6.45) is -1.83. The van der Waals surface area contributed by atoms with E-state index in [4.69, 9.17) is 21.4 Å². The number of hydrogen-bond acceptors (Lipinski definition) is 7. The Morgan fingerprint density at radius 2 is 1.43 bits per heavy atom. The zero-order valence-electron chi connectivity index (χ0n) is 25.0. The first kappa shape index (κ1) is 35.8. The van der Waals surface area contributed by atoms with Crippen molar-refractivity contribution in [3.63, 3.8) is 0 Å². The fraction of sp³-hybridized carbons (Fsp3) is 0.452. The number of aliphatic carboxylic acids is 1. The SMILES string of the molecule is NC(=O)[C@@H]1CCCN1C(=O)[C@H](Cc1ccccc1)NC(=O)C[C@@H]1CCCN1C(=O)[C@@H](N)Cc1ccc(O)cc1.O=C(O)C(F)(F)F. The highest BCUT2D eigenvalue weighted by atomic mass is 19.4. The van der Waals surface area contributed by atoms with Gasteiger partial charge in [0.05, 0.1) is 6.04 Å². The average molecular weight is 650 g/mol. The predicted molar refractivity (Wildman–Crippen MR) is 159 cm³/mol. The van der Waals surface area contributed by atoms with E-state index in [1.54, 1.807) is 29.2 Å². The first-order valence-corrected chi connectivity index (χ1v) is 14.7. The molecule has 0 radical (unpaired) electrons. The first-order valence-electron chi connectivity index (χ1n) is 14.7. The molecule has 0 bridgehead atoms. The number of carboxylic acids is 1. The number of amides is 4.